The van der Waals surface area contributed by atoms with Crippen molar-refractivity contribution >= 4 is 17.8 Å². The highest BCUT2D eigenvalue weighted by atomic mass is 32.1. The van der Waals surface area contributed by atoms with E-state index in [1.807, 2.05) is 19.9 Å². The maximum Gasteiger partial charge on any atom is 0.126 e. The van der Waals surface area contributed by atoms with Crippen LogP contribution in [0.1, 0.15) is 25.1 Å². The lowest BCUT2D eigenvalue weighted by molar-refractivity contribution is -0.115. The van der Waals surface area contributed by atoms with Crippen molar-refractivity contribution in [2.75, 3.05) is 0 Å². The molecule has 0 aliphatic rings. The molecule has 0 aromatic carbocycles. The van der Waals surface area contributed by atoms with E-state index in [0.717, 1.165) is 19.1 Å². The molecule has 0 bridgehead atoms. The molecule has 0 saturated carbocycles. The molecule has 12 heavy (non-hydrogen) atoms. The van der Waals surface area contributed by atoms with Gasteiger partial charge in [-0.2, -0.15) is 0 Å². The minimum atomic E-state index is -0.202. The summed E-state index contributed by atoms with van der Waals surface area (Å²) >= 11 is 1.47. The van der Waals surface area contributed by atoms with Crippen molar-refractivity contribution in [3.63, 3.8) is 0 Å². The summed E-state index contributed by atoms with van der Waals surface area (Å²) in [6.45, 7) is 4.02. The van der Waals surface area contributed by atoms with Crippen LogP contribution in [-0.4, -0.2) is 10.7 Å². The molecule has 0 N–H and O–H groups in total. The molecule has 0 aliphatic heterocycles. The number of nitrogens with zero attached hydrogens (tertiary/aromatic N) is 1. The Kier molecular flexibility index (Phi) is 2.98. The summed E-state index contributed by atoms with van der Waals surface area (Å²) in [4.78, 5) is 12.0. The first-order valence-corrected chi connectivity index (χ1v) is 4.83. The molecule has 1 unspecified atom stereocenters. The number of carbonyl (C=O) groups excluding carboxylic acids is 1. The molecule has 1 aromatic heterocycles. The maximum absolute atomic E-state index is 10.8. The Hall–Kier alpha value is -0.700. The van der Waals surface area contributed by atoms with E-state index in [-0.39, 0.29) is 5.41 Å². The molecule has 1 aromatic rings. The fourth-order valence-electron chi connectivity index (χ4n) is 0.981. The normalized spacial score (nSPS) is 15.5. The lowest BCUT2D eigenvalue weighted by atomic mass is 9.85. The molecule has 0 spiro atoms. The molecule has 66 valence electrons. The molecular weight excluding hydrogens is 170 g/mol. The standard InChI is InChI=1S/C9H13NOS/c1-3-9(2,7-11)6-8-4-5-10-12-8/h4-5,7H,3,6H2,1-2H3. The molecule has 0 aliphatic carbocycles. The smallest absolute Gasteiger partial charge is 0.126 e. The highest BCUT2D eigenvalue weighted by Gasteiger charge is 2.21. The Labute approximate surface area is 76.8 Å². The van der Waals surface area contributed by atoms with E-state index < -0.39 is 0 Å². The number of hydrogen-bond acceptors (Lipinski definition) is 3. The molecule has 0 fully saturated rings. The van der Waals surface area contributed by atoms with E-state index in [1.165, 1.54) is 16.4 Å². The van der Waals surface area contributed by atoms with Crippen LogP contribution in [0, 0.1) is 5.41 Å². The van der Waals surface area contributed by atoms with Gasteiger partial charge >= 0.3 is 0 Å². The molecule has 1 atom stereocenters. The summed E-state index contributed by atoms with van der Waals surface area (Å²) < 4.78 is 4.00. The van der Waals surface area contributed by atoms with Gasteiger partial charge in [0.25, 0.3) is 0 Å². The van der Waals surface area contributed by atoms with Crippen LogP contribution in [0.25, 0.3) is 0 Å². The summed E-state index contributed by atoms with van der Waals surface area (Å²) in [5.74, 6) is 0. The Balaban J connectivity index is 2.66. The molecular formula is C9H13NOS. The predicted molar refractivity (Wildman–Crippen MR) is 50.3 cm³/mol. The van der Waals surface area contributed by atoms with Crippen LogP contribution in [-0.2, 0) is 11.2 Å². The Morgan fingerprint density at radius 2 is 2.50 bits per heavy atom. The van der Waals surface area contributed by atoms with E-state index in [4.69, 9.17) is 0 Å². The first kappa shape index (κ1) is 9.39. The minimum Gasteiger partial charge on any atom is -0.303 e. The van der Waals surface area contributed by atoms with Gasteiger partial charge in [0.05, 0.1) is 0 Å². The molecule has 0 radical (unpaired) electrons. The highest BCUT2D eigenvalue weighted by Crippen LogP contribution is 2.25. The van der Waals surface area contributed by atoms with E-state index in [0.29, 0.717) is 0 Å². The number of carbonyl (C=O) groups is 1. The number of rotatable bonds is 4. The zero-order valence-electron chi connectivity index (χ0n) is 7.41. The second-order valence-electron chi connectivity index (χ2n) is 3.28. The number of aromatic nitrogens is 1. The average Bonchev–Trinajstić information content (AvgIpc) is 2.57. The van der Waals surface area contributed by atoms with Gasteiger partial charge in [-0.1, -0.05) is 13.8 Å². The number of aldehydes is 1. The van der Waals surface area contributed by atoms with Crippen molar-refractivity contribution in [1.29, 1.82) is 0 Å². The van der Waals surface area contributed by atoms with Gasteiger partial charge in [-0.15, -0.1) is 0 Å². The largest absolute Gasteiger partial charge is 0.303 e. The van der Waals surface area contributed by atoms with Crippen molar-refractivity contribution in [2.45, 2.75) is 26.7 Å². The van der Waals surface area contributed by atoms with E-state index in [1.54, 1.807) is 6.20 Å². The first-order valence-electron chi connectivity index (χ1n) is 4.06. The van der Waals surface area contributed by atoms with Crippen LogP contribution >= 0.6 is 11.5 Å². The van der Waals surface area contributed by atoms with Crippen molar-refractivity contribution in [1.82, 2.24) is 4.37 Å². The molecule has 1 rings (SSSR count). The van der Waals surface area contributed by atoms with Gasteiger partial charge in [-0.05, 0) is 30.4 Å². The van der Waals surface area contributed by atoms with Crippen molar-refractivity contribution in [3.05, 3.63) is 17.1 Å². The van der Waals surface area contributed by atoms with Crippen molar-refractivity contribution in [2.24, 2.45) is 5.41 Å². The topological polar surface area (TPSA) is 30.0 Å². The molecule has 0 saturated heterocycles. The molecule has 0 amide bonds. The molecule has 2 nitrogen and oxygen atoms in total. The van der Waals surface area contributed by atoms with E-state index in [9.17, 15) is 4.79 Å². The van der Waals surface area contributed by atoms with Gasteiger partial charge < -0.3 is 4.79 Å². The van der Waals surface area contributed by atoms with Crippen LogP contribution in [0.3, 0.4) is 0 Å². The minimum absolute atomic E-state index is 0.202. The van der Waals surface area contributed by atoms with Crippen LogP contribution in [0.5, 0.6) is 0 Å². The lowest BCUT2D eigenvalue weighted by Crippen LogP contribution is -2.19. The summed E-state index contributed by atoms with van der Waals surface area (Å²) in [7, 11) is 0. The van der Waals surface area contributed by atoms with Gasteiger partial charge in [-0.3, -0.25) is 0 Å². The lowest BCUT2D eigenvalue weighted by Gasteiger charge is -2.18. The third kappa shape index (κ3) is 2.14. The summed E-state index contributed by atoms with van der Waals surface area (Å²) in [6.07, 6.45) is 4.53. The predicted octanol–water partition coefficient (Wildman–Crippen LogP) is 2.30. The van der Waals surface area contributed by atoms with Crippen LogP contribution in [0.15, 0.2) is 12.3 Å². The van der Waals surface area contributed by atoms with E-state index >= 15 is 0 Å². The SMILES string of the molecule is CCC(C)(C=O)Cc1ccns1. The Morgan fingerprint density at radius 1 is 1.75 bits per heavy atom. The van der Waals surface area contributed by atoms with Crippen LogP contribution in [0.4, 0.5) is 0 Å². The zero-order valence-corrected chi connectivity index (χ0v) is 8.23. The monoisotopic (exact) mass is 183 g/mol. The fraction of sp³-hybridized carbons (Fsp3) is 0.556. The average molecular weight is 183 g/mol. The van der Waals surface area contributed by atoms with Gasteiger partial charge in [0.15, 0.2) is 0 Å². The highest BCUT2D eigenvalue weighted by molar-refractivity contribution is 7.05. The fourth-order valence-corrected chi connectivity index (χ4v) is 1.75. The zero-order chi connectivity index (χ0) is 9.03. The third-order valence-corrected chi connectivity index (χ3v) is 2.90. The van der Waals surface area contributed by atoms with Gasteiger partial charge in [0.2, 0.25) is 0 Å². The van der Waals surface area contributed by atoms with Gasteiger partial charge in [-0.25, -0.2) is 4.37 Å². The van der Waals surface area contributed by atoms with Crippen LogP contribution < -0.4 is 0 Å². The van der Waals surface area contributed by atoms with E-state index in [2.05, 4.69) is 4.37 Å². The van der Waals surface area contributed by atoms with Crippen molar-refractivity contribution < 1.29 is 4.79 Å². The van der Waals surface area contributed by atoms with Crippen LogP contribution in [0.2, 0.25) is 0 Å². The second kappa shape index (κ2) is 3.81. The molecule has 3 heteroatoms. The summed E-state index contributed by atoms with van der Waals surface area (Å²) in [6, 6.07) is 1.97. The number of hydrogen-bond donors (Lipinski definition) is 0. The van der Waals surface area contributed by atoms with Crippen molar-refractivity contribution in [3.8, 4) is 0 Å². The molecule has 1 heterocycles. The summed E-state index contributed by atoms with van der Waals surface area (Å²) in [5, 5.41) is 0. The quantitative estimate of drug-likeness (QED) is 0.670. The maximum atomic E-state index is 10.8. The summed E-state index contributed by atoms with van der Waals surface area (Å²) in [5.41, 5.74) is -0.202. The third-order valence-electron chi connectivity index (χ3n) is 2.16. The van der Waals surface area contributed by atoms with Gasteiger partial charge in [0, 0.05) is 16.5 Å². The van der Waals surface area contributed by atoms with Gasteiger partial charge in [0.1, 0.15) is 6.29 Å². The first-order chi connectivity index (χ1) is 5.70. The Morgan fingerprint density at radius 3 is 2.92 bits per heavy atom. The Bertz CT molecular complexity index is 245. The second-order valence-corrected chi connectivity index (χ2v) is 4.20.